The number of likely N-dealkylation sites (tertiary alicyclic amines) is 1. The van der Waals surface area contributed by atoms with Crippen molar-refractivity contribution in [3.63, 3.8) is 0 Å². The van der Waals surface area contributed by atoms with E-state index in [9.17, 15) is 4.79 Å². The molecule has 2 heterocycles. The van der Waals surface area contributed by atoms with Gasteiger partial charge >= 0.3 is 6.09 Å². The molecule has 8 heteroatoms. The Kier molecular flexibility index (Phi) is 12.6. The van der Waals surface area contributed by atoms with E-state index in [-0.39, 0.29) is 42.1 Å². The van der Waals surface area contributed by atoms with Gasteiger partial charge in [-0.15, -0.1) is 0 Å². The number of aryl methyl sites for hydroxylation is 1. The Balaban J connectivity index is 0.00000461. The molecule has 4 aromatic rings. The predicted octanol–water partition coefficient (Wildman–Crippen LogP) is 3.96. The molecule has 5 rings (SSSR count). The number of hydrogen-bond donors (Lipinski definition) is 0. The van der Waals surface area contributed by atoms with Gasteiger partial charge in [0.25, 0.3) is 0 Å². The summed E-state index contributed by atoms with van der Waals surface area (Å²) in [4.78, 5) is 14.7. The summed E-state index contributed by atoms with van der Waals surface area (Å²) in [6.07, 6.45) is 3.19. The highest BCUT2D eigenvalue weighted by molar-refractivity contribution is 5.76. The first-order chi connectivity index (χ1) is 21.2. The molecule has 0 spiro atoms. The van der Waals surface area contributed by atoms with Crippen molar-refractivity contribution >= 4 is 17.0 Å². The quantitative estimate of drug-likeness (QED) is 0.133. The van der Waals surface area contributed by atoms with Crippen LogP contribution in [0.2, 0.25) is 0 Å². The number of fused-ring (bicyclic) bond motifs is 1. The number of pyridine rings is 1. The minimum atomic E-state index is -0.547. The molecule has 1 fully saturated rings. The van der Waals surface area contributed by atoms with Crippen LogP contribution in [0.4, 0.5) is 4.79 Å². The summed E-state index contributed by atoms with van der Waals surface area (Å²) >= 11 is 0. The van der Waals surface area contributed by atoms with Gasteiger partial charge in [0.15, 0.2) is 6.20 Å². The first kappa shape index (κ1) is 34.7. The highest BCUT2D eigenvalue weighted by atomic mass is 127. The molecule has 45 heavy (non-hydrogen) atoms. The van der Waals surface area contributed by atoms with Crippen LogP contribution in [0.3, 0.4) is 0 Å². The molecular formula is C37H45IN2O5. The summed E-state index contributed by atoms with van der Waals surface area (Å²) in [5.41, 5.74) is 4.07. The minimum absolute atomic E-state index is 0. The summed E-state index contributed by atoms with van der Waals surface area (Å²) in [6, 6.07) is 29.1. The number of ether oxygens (including phenoxy) is 4. The van der Waals surface area contributed by atoms with E-state index in [1.165, 1.54) is 16.5 Å². The summed E-state index contributed by atoms with van der Waals surface area (Å²) in [5, 5.41) is 1.19. The third-order valence-electron chi connectivity index (χ3n) is 7.86. The van der Waals surface area contributed by atoms with Crippen molar-refractivity contribution in [2.75, 3.05) is 26.3 Å². The van der Waals surface area contributed by atoms with Crippen LogP contribution >= 0.6 is 0 Å². The van der Waals surface area contributed by atoms with Crippen molar-refractivity contribution in [1.82, 2.24) is 4.90 Å². The van der Waals surface area contributed by atoms with Crippen LogP contribution in [0, 0.1) is 0 Å². The molecule has 0 radical (unpaired) electrons. The molecule has 2 atom stereocenters. The van der Waals surface area contributed by atoms with Crippen molar-refractivity contribution in [2.24, 2.45) is 7.05 Å². The Hall–Kier alpha value is -3.21. The van der Waals surface area contributed by atoms with Crippen LogP contribution in [0.5, 0.6) is 5.75 Å². The second kappa shape index (κ2) is 16.4. The normalized spacial score (nSPS) is 16.7. The molecule has 0 bridgehead atoms. The zero-order chi connectivity index (χ0) is 30.9. The molecule has 7 nitrogen and oxygen atoms in total. The number of benzene rings is 3. The number of hydrogen-bond acceptors (Lipinski definition) is 5. The number of carbonyl (C=O) groups excluding carboxylic acids is 1. The molecule has 1 aliphatic rings. The van der Waals surface area contributed by atoms with Gasteiger partial charge in [-0.3, -0.25) is 0 Å². The van der Waals surface area contributed by atoms with Crippen molar-refractivity contribution in [2.45, 2.75) is 64.4 Å². The van der Waals surface area contributed by atoms with Crippen molar-refractivity contribution in [3.05, 3.63) is 108 Å². The van der Waals surface area contributed by atoms with Gasteiger partial charge in [-0.05, 0) is 68.1 Å². The molecular weight excluding hydrogens is 679 g/mol. The lowest BCUT2D eigenvalue weighted by atomic mass is 9.87. The maximum atomic E-state index is 13.0. The van der Waals surface area contributed by atoms with Gasteiger partial charge in [0.1, 0.15) is 18.4 Å². The lowest BCUT2D eigenvalue weighted by molar-refractivity contribution is -0.644. The van der Waals surface area contributed by atoms with Crippen molar-refractivity contribution in [1.29, 1.82) is 0 Å². The first-order valence-corrected chi connectivity index (χ1v) is 15.6. The fourth-order valence-electron chi connectivity index (χ4n) is 5.57. The van der Waals surface area contributed by atoms with E-state index in [2.05, 4.69) is 66.3 Å². The zero-order valence-electron chi connectivity index (χ0n) is 26.8. The minimum Gasteiger partial charge on any atom is -1.00 e. The highest BCUT2D eigenvalue weighted by Gasteiger charge is 2.35. The van der Waals surface area contributed by atoms with Gasteiger partial charge in [-0.25, -0.2) is 9.36 Å². The molecule has 1 aliphatic heterocycles. The average molecular weight is 725 g/mol. The van der Waals surface area contributed by atoms with Crippen LogP contribution < -0.4 is 33.3 Å². The molecule has 240 valence electrons. The van der Waals surface area contributed by atoms with Gasteiger partial charge in [0.2, 0.25) is 5.52 Å². The summed E-state index contributed by atoms with van der Waals surface area (Å²) in [6.45, 7) is 9.10. The van der Waals surface area contributed by atoms with Crippen LogP contribution in [-0.2, 0) is 34.5 Å². The largest absolute Gasteiger partial charge is 1.00 e. The van der Waals surface area contributed by atoms with Gasteiger partial charge in [0.05, 0.1) is 39.1 Å². The van der Waals surface area contributed by atoms with Crippen LogP contribution in [0.25, 0.3) is 10.9 Å². The molecule has 1 aromatic heterocycles. The van der Waals surface area contributed by atoms with Gasteiger partial charge in [-0.1, -0.05) is 48.5 Å². The standard InChI is InChI=1S/C37H45N2O5.HI/c1-37(2,3)44-36(40)39-21-19-33(35(25-39)43-27-29-13-14-31-12-8-20-38(4)34(31)24-29)30-15-17-32(18-16-30)42-23-9-22-41-26-28-10-6-5-7-11-28;/h5-8,10-18,20,24,33,35H,9,19,21-23,25-27H2,1-4H3;1H/q+1;/p-1. The fourth-order valence-corrected chi connectivity index (χ4v) is 5.57. The molecule has 1 amide bonds. The maximum Gasteiger partial charge on any atom is 0.410 e. The summed E-state index contributed by atoms with van der Waals surface area (Å²) in [7, 11) is 2.05. The van der Waals surface area contributed by atoms with E-state index in [1.807, 2.05) is 57.2 Å². The number of halogens is 1. The Morgan fingerprint density at radius 2 is 1.69 bits per heavy atom. The molecule has 0 aliphatic carbocycles. The second-order valence-electron chi connectivity index (χ2n) is 12.5. The van der Waals surface area contributed by atoms with E-state index in [1.54, 1.807) is 4.90 Å². The van der Waals surface area contributed by atoms with Gasteiger partial charge in [0, 0.05) is 36.4 Å². The number of rotatable bonds is 11. The van der Waals surface area contributed by atoms with E-state index in [0.29, 0.717) is 39.5 Å². The monoisotopic (exact) mass is 724 g/mol. The summed E-state index contributed by atoms with van der Waals surface area (Å²) in [5.74, 6) is 0.982. The van der Waals surface area contributed by atoms with Crippen molar-refractivity contribution < 1.29 is 52.3 Å². The lowest BCUT2D eigenvalue weighted by Crippen LogP contribution is -3.00. The van der Waals surface area contributed by atoms with E-state index in [0.717, 1.165) is 29.7 Å². The second-order valence-corrected chi connectivity index (χ2v) is 12.5. The molecule has 2 unspecified atom stereocenters. The predicted molar refractivity (Wildman–Crippen MR) is 172 cm³/mol. The molecule has 0 saturated carbocycles. The fraction of sp³-hybridized carbons (Fsp3) is 0.405. The highest BCUT2D eigenvalue weighted by Crippen LogP contribution is 2.33. The smallest absolute Gasteiger partial charge is 0.410 e. The zero-order valence-corrected chi connectivity index (χ0v) is 28.9. The topological polar surface area (TPSA) is 61.1 Å². The first-order valence-electron chi connectivity index (χ1n) is 15.6. The van der Waals surface area contributed by atoms with Crippen molar-refractivity contribution in [3.8, 4) is 5.75 Å². The van der Waals surface area contributed by atoms with E-state index in [4.69, 9.17) is 18.9 Å². The number of aromatic nitrogens is 1. The lowest BCUT2D eigenvalue weighted by Gasteiger charge is -2.39. The Bertz CT molecular complexity index is 1510. The third-order valence-corrected chi connectivity index (χ3v) is 7.86. The number of carbonyl (C=O) groups is 1. The maximum absolute atomic E-state index is 13.0. The SMILES string of the molecule is C[n+]1cccc2ccc(COC3CN(C(=O)OC(C)(C)C)CCC3c3ccc(OCCCOCc4ccccc4)cc3)cc21.[I-]. The summed E-state index contributed by atoms with van der Waals surface area (Å²) < 4.78 is 26.2. The molecule has 1 saturated heterocycles. The van der Waals surface area contributed by atoms with Crippen LogP contribution in [-0.4, -0.2) is 49.0 Å². The Morgan fingerprint density at radius 1 is 0.911 bits per heavy atom. The Morgan fingerprint density at radius 3 is 2.44 bits per heavy atom. The number of piperidine rings is 1. The average Bonchev–Trinajstić information content (AvgIpc) is 3.02. The molecule has 3 aromatic carbocycles. The van der Waals surface area contributed by atoms with Crippen LogP contribution in [0.1, 0.15) is 56.2 Å². The number of nitrogens with zero attached hydrogens (tertiary/aromatic N) is 2. The molecule has 0 N–H and O–H groups in total. The van der Waals surface area contributed by atoms with Gasteiger partial charge < -0.3 is 47.8 Å². The van der Waals surface area contributed by atoms with Gasteiger partial charge in [-0.2, -0.15) is 0 Å². The van der Waals surface area contributed by atoms with Crippen LogP contribution in [0.15, 0.2) is 91.1 Å². The van der Waals surface area contributed by atoms with E-state index >= 15 is 0 Å². The Labute approximate surface area is 284 Å². The third kappa shape index (κ3) is 10.1. The van der Waals surface area contributed by atoms with E-state index < -0.39 is 5.60 Å². The number of amides is 1.